The lowest BCUT2D eigenvalue weighted by Gasteiger charge is -2.09. The third kappa shape index (κ3) is 4.28. The lowest BCUT2D eigenvalue weighted by molar-refractivity contribution is -0.385. The van der Waals surface area contributed by atoms with Crippen LogP contribution in [0.25, 0.3) is 0 Å². The van der Waals surface area contributed by atoms with Gasteiger partial charge in [-0.25, -0.2) is 0 Å². The number of methoxy groups -OCH3 is 1. The summed E-state index contributed by atoms with van der Waals surface area (Å²) in [5.74, 6) is 0.406. The molecule has 0 amide bonds. The first-order chi connectivity index (χ1) is 8.56. The SMILES string of the molecule is COc1cc(CNCC(O)CO)cc([N+](=O)[O-])c1. The lowest BCUT2D eigenvalue weighted by Crippen LogP contribution is -2.28. The summed E-state index contributed by atoms with van der Waals surface area (Å²) in [5.41, 5.74) is 0.625. The number of non-ortho nitro benzene ring substituents is 1. The first kappa shape index (κ1) is 14.4. The average molecular weight is 256 g/mol. The summed E-state index contributed by atoms with van der Waals surface area (Å²) >= 11 is 0. The van der Waals surface area contributed by atoms with Gasteiger partial charge in [0.25, 0.3) is 5.69 Å². The van der Waals surface area contributed by atoms with Gasteiger partial charge >= 0.3 is 0 Å². The Hall–Kier alpha value is -1.70. The van der Waals surface area contributed by atoms with Crippen LogP contribution in [-0.2, 0) is 6.54 Å². The van der Waals surface area contributed by atoms with Crippen LogP contribution in [0.1, 0.15) is 5.56 Å². The van der Waals surface area contributed by atoms with Crippen LogP contribution in [0.15, 0.2) is 18.2 Å². The second-order valence-electron chi connectivity index (χ2n) is 3.76. The summed E-state index contributed by atoms with van der Waals surface area (Å²) in [5, 5.41) is 31.4. The van der Waals surface area contributed by atoms with Crippen LogP contribution in [0.4, 0.5) is 5.69 Å². The minimum Gasteiger partial charge on any atom is -0.496 e. The molecule has 1 atom stereocenters. The zero-order valence-electron chi connectivity index (χ0n) is 10.00. The monoisotopic (exact) mass is 256 g/mol. The first-order valence-electron chi connectivity index (χ1n) is 5.38. The first-order valence-corrected chi connectivity index (χ1v) is 5.38. The zero-order valence-corrected chi connectivity index (χ0v) is 10.00. The van der Waals surface area contributed by atoms with Crippen LogP contribution >= 0.6 is 0 Å². The summed E-state index contributed by atoms with van der Waals surface area (Å²) in [6.45, 7) is 0.224. The van der Waals surface area contributed by atoms with Crippen molar-refractivity contribution in [2.45, 2.75) is 12.6 Å². The maximum atomic E-state index is 10.7. The fourth-order valence-corrected chi connectivity index (χ4v) is 1.42. The Kier molecular flexibility index (Phi) is 5.50. The summed E-state index contributed by atoms with van der Waals surface area (Å²) < 4.78 is 4.97. The highest BCUT2D eigenvalue weighted by Crippen LogP contribution is 2.22. The molecule has 1 aromatic rings. The molecular weight excluding hydrogens is 240 g/mol. The number of ether oxygens (including phenoxy) is 1. The van der Waals surface area contributed by atoms with Crippen molar-refractivity contribution < 1.29 is 19.9 Å². The van der Waals surface area contributed by atoms with Gasteiger partial charge in [-0.15, -0.1) is 0 Å². The van der Waals surface area contributed by atoms with Gasteiger partial charge in [-0.1, -0.05) is 0 Å². The molecule has 100 valence electrons. The Morgan fingerprint density at radius 1 is 1.50 bits per heavy atom. The van der Waals surface area contributed by atoms with E-state index in [1.54, 1.807) is 6.07 Å². The minimum absolute atomic E-state index is 0.0474. The van der Waals surface area contributed by atoms with Gasteiger partial charge in [-0.3, -0.25) is 10.1 Å². The van der Waals surface area contributed by atoms with Crippen LogP contribution in [-0.4, -0.2) is 41.5 Å². The van der Waals surface area contributed by atoms with E-state index in [0.717, 1.165) is 0 Å². The molecule has 0 bridgehead atoms. The van der Waals surface area contributed by atoms with Crippen molar-refractivity contribution in [3.05, 3.63) is 33.9 Å². The maximum absolute atomic E-state index is 10.7. The quantitative estimate of drug-likeness (QED) is 0.470. The van der Waals surface area contributed by atoms with Crippen molar-refractivity contribution >= 4 is 5.69 Å². The minimum atomic E-state index is -0.842. The Bertz CT molecular complexity index is 410. The van der Waals surface area contributed by atoms with E-state index >= 15 is 0 Å². The van der Waals surface area contributed by atoms with Crippen LogP contribution in [0.2, 0.25) is 0 Å². The number of aliphatic hydroxyl groups excluding tert-OH is 2. The smallest absolute Gasteiger partial charge is 0.273 e. The van der Waals surface area contributed by atoms with E-state index in [1.165, 1.54) is 19.2 Å². The summed E-state index contributed by atoms with van der Waals surface area (Å²) in [6.07, 6.45) is -0.842. The Morgan fingerprint density at radius 3 is 2.78 bits per heavy atom. The molecule has 3 N–H and O–H groups in total. The fourth-order valence-electron chi connectivity index (χ4n) is 1.42. The van der Waals surface area contributed by atoms with E-state index in [4.69, 9.17) is 14.9 Å². The van der Waals surface area contributed by atoms with Crippen LogP contribution < -0.4 is 10.1 Å². The summed E-state index contributed by atoms with van der Waals surface area (Å²) in [6, 6.07) is 4.44. The molecule has 1 unspecified atom stereocenters. The van der Waals surface area contributed by atoms with Crippen LogP contribution in [0.3, 0.4) is 0 Å². The summed E-state index contributed by atoms with van der Waals surface area (Å²) in [4.78, 5) is 10.2. The number of nitrogens with zero attached hydrogens (tertiary/aromatic N) is 1. The number of nitro groups is 1. The molecule has 0 saturated carbocycles. The van der Waals surface area contributed by atoms with E-state index in [1.807, 2.05) is 0 Å². The maximum Gasteiger partial charge on any atom is 0.273 e. The van der Waals surface area contributed by atoms with Crippen molar-refractivity contribution in [3.63, 3.8) is 0 Å². The number of benzene rings is 1. The second-order valence-corrected chi connectivity index (χ2v) is 3.76. The molecule has 0 fully saturated rings. The number of nitrogens with one attached hydrogen (secondary N) is 1. The molecule has 0 aliphatic rings. The van der Waals surface area contributed by atoms with Gasteiger partial charge < -0.3 is 20.3 Å². The highest BCUT2D eigenvalue weighted by atomic mass is 16.6. The van der Waals surface area contributed by atoms with Gasteiger partial charge in [-0.2, -0.15) is 0 Å². The highest BCUT2D eigenvalue weighted by molar-refractivity contribution is 5.42. The van der Waals surface area contributed by atoms with Crippen molar-refractivity contribution in [1.29, 1.82) is 0 Å². The summed E-state index contributed by atoms with van der Waals surface area (Å²) in [7, 11) is 1.44. The molecule has 1 aromatic carbocycles. The van der Waals surface area contributed by atoms with Gasteiger partial charge in [-0.05, 0) is 11.6 Å². The van der Waals surface area contributed by atoms with Crippen molar-refractivity contribution in [2.75, 3.05) is 20.3 Å². The standard InChI is InChI=1S/C11H16N2O5/c1-18-11-3-8(2-9(4-11)13(16)17)5-12-6-10(15)7-14/h2-4,10,12,14-15H,5-7H2,1H3. The topological polar surface area (TPSA) is 105 Å². The van der Waals surface area contributed by atoms with Crippen molar-refractivity contribution in [1.82, 2.24) is 5.32 Å². The Morgan fingerprint density at radius 2 is 2.22 bits per heavy atom. The zero-order chi connectivity index (χ0) is 13.5. The average Bonchev–Trinajstić information content (AvgIpc) is 2.37. The molecule has 7 heteroatoms. The molecule has 0 radical (unpaired) electrons. The van der Waals surface area contributed by atoms with E-state index in [2.05, 4.69) is 5.32 Å². The predicted molar refractivity (Wildman–Crippen MR) is 64.4 cm³/mol. The predicted octanol–water partition coefficient (Wildman–Crippen LogP) is 0.0462. The van der Waals surface area contributed by atoms with Crippen LogP contribution in [0.5, 0.6) is 5.75 Å². The molecule has 0 spiro atoms. The van der Waals surface area contributed by atoms with E-state index in [9.17, 15) is 10.1 Å². The van der Waals surface area contributed by atoms with Crippen LogP contribution in [0, 0.1) is 10.1 Å². The molecular formula is C11H16N2O5. The van der Waals surface area contributed by atoms with E-state index in [0.29, 0.717) is 17.9 Å². The number of rotatable bonds is 7. The second kappa shape index (κ2) is 6.90. The van der Waals surface area contributed by atoms with Gasteiger partial charge in [0.05, 0.1) is 30.8 Å². The fraction of sp³-hybridized carbons (Fsp3) is 0.455. The number of hydrogen-bond acceptors (Lipinski definition) is 6. The van der Waals surface area contributed by atoms with E-state index < -0.39 is 11.0 Å². The molecule has 18 heavy (non-hydrogen) atoms. The van der Waals surface area contributed by atoms with Gasteiger partial charge in [0.1, 0.15) is 5.75 Å². The van der Waals surface area contributed by atoms with Gasteiger partial charge in [0.2, 0.25) is 0 Å². The third-order valence-electron chi connectivity index (χ3n) is 2.32. The highest BCUT2D eigenvalue weighted by Gasteiger charge is 2.10. The number of hydrogen-bond donors (Lipinski definition) is 3. The number of nitro benzene ring substituents is 1. The van der Waals surface area contributed by atoms with Crippen molar-refractivity contribution in [2.24, 2.45) is 0 Å². The van der Waals surface area contributed by atoms with Gasteiger partial charge in [0, 0.05) is 19.2 Å². The normalized spacial score (nSPS) is 12.2. The largest absolute Gasteiger partial charge is 0.496 e. The molecule has 0 aliphatic heterocycles. The number of aliphatic hydroxyl groups is 2. The lowest BCUT2D eigenvalue weighted by atomic mass is 10.2. The Labute approximate surface area is 104 Å². The molecule has 0 heterocycles. The molecule has 7 nitrogen and oxygen atoms in total. The molecule has 1 rings (SSSR count). The molecule has 0 aromatic heterocycles. The molecule has 0 aliphatic carbocycles. The Balaban J connectivity index is 2.69. The van der Waals surface area contributed by atoms with Gasteiger partial charge in [0.15, 0.2) is 0 Å². The van der Waals surface area contributed by atoms with Crippen molar-refractivity contribution in [3.8, 4) is 5.75 Å². The van der Waals surface area contributed by atoms with E-state index in [-0.39, 0.29) is 18.8 Å². The molecule has 0 saturated heterocycles. The third-order valence-corrected chi connectivity index (χ3v) is 2.32.